The van der Waals surface area contributed by atoms with E-state index >= 15 is 0 Å². The third-order valence-electron chi connectivity index (χ3n) is 3.89. The molecule has 1 heterocycles. The van der Waals surface area contributed by atoms with Crippen molar-refractivity contribution in [1.29, 1.82) is 0 Å². The van der Waals surface area contributed by atoms with Crippen LogP contribution in [0.25, 0.3) is 10.9 Å². The Bertz CT molecular complexity index is 627. The van der Waals surface area contributed by atoms with Crippen LogP contribution in [-0.2, 0) is 0 Å². The molecule has 0 atom stereocenters. The van der Waals surface area contributed by atoms with Crippen molar-refractivity contribution in [2.45, 2.75) is 31.7 Å². The standard InChI is InChI=1S/C16H18Br2N2O/c17-13-10-14(18)16(15-12(13)6-3-7-20-15)21-9-8-19-11-4-1-2-5-11/h3,6-7,10-11,19H,1-2,4-5,8-9H2. The molecule has 2 aromatic rings. The van der Waals surface area contributed by atoms with Crippen LogP contribution in [0.15, 0.2) is 33.3 Å². The molecule has 0 radical (unpaired) electrons. The number of fused-ring (bicyclic) bond motifs is 1. The third kappa shape index (κ3) is 3.58. The largest absolute Gasteiger partial charge is 0.489 e. The van der Waals surface area contributed by atoms with Gasteiger partial charge < -0.3 is 10.1 Å². The molecule has 0 aliphatic heterocycles. The van der Waals surface area contributed by atoms with E-state index in [1.807, 2.05) is 18.2 Å². The summed E-state index contributed by atoms with van der Waals surface area (Å²) in [6.45, 7) is 1.53. The van der Waals surface area contributed by atoms with Crippen molar-refractivity contribution in [3.63, 3.8) is 0 Å². The van der Waals surface area contributed by atoms with E-state index in [2.05, 4.69) is 42.2 Å². The van der Waals surface area contributed by atoms with Crippen LogP contribution < -0.4 is 10.1 Å². The zero-order valence-corrected chi connectivity index (χ0v) is 14.9. The van der Waals surface area contributed by atoms with E-state index in [1.54, 1.807) is 6.20 Å². The minimum Gasteiger partial charge on any atom is -0.489 e. The lowest BCUT2D eigenvalue weighted by Gasteiger charge is -2.14. The fraction of sp³-hybridized carbons (Fsp3) is 0.438. The van der Waals surface area contributed by atoms with E-state index in [0.717, 1.165) is 32.1 Å². The molecule has 1 saturated carbocycles. The molecule has 0 unspecified atom stereocenters. The number of halogens is 2. The van der Waals surface area contributed by atoms with E-state index in [1.165, 1.54) is 25.7 Å². The molecule has 0 saturated heterocycles. The zero-order valence-electron chi connectivity index (χ0n) is 11.7. The Kier molecular flexibility index (Phi) is 5.14. The molecule has 3 rings (SSSR count). The Morgan fingerprint density at radius 2 is 2.05 bits per heavy atom. The molecule has 1 aliphatic rings. The van der Waals surface area contributed by atoms with Gasteiger partial charge in [0.25, 0.3) is 0 Å². The number of benzene rings is 1. The maximum atomic E-state index is 5.97. The van der Waals surface area contributed by atoms with E-state index in [-0.39, 0.29) is 0 Å². The number of hydrogen-bond acceptors (Lipinski definition) is 3. The predicted molar refractivity (Wildman–Crippen MR) is 92.9 cm³/mol. The molecular weight excluding hydrogens is 396 g/mol. The van der Waals surface area contributed by atoms with Gasteiger partial charge in [0.1, 0.15) is 12.1 Å². The summed E-state index contributed by atoms with van der Waals surface area (Å²) in [5.41, 5.74) is 0.889. The molecular formula is C16H18Br2N2O. The van der Waals surface area contributed by atoms with E-state index in [9.17, 15) is 0 Å². The number of ether oxygens (including phenoxy) is 1. The lowest BCUT2D eigenvalue weighted by atomic mass is 10.2. The summed E-state index contributed by atoms with van der Waals surface area (Å²) >= 11 is 7.14. The molecule has 1 aromatic heterocycles. The van der Waals surface area contributed by atoms with Crippen molar-refractivity contribution in [2.24, 2.45) is 0 Å². The highest BCUT2D eigenvalue weighted by molar-refractivity contribution is 9.11. The van der Waals surface area contributed by atoms with Gasteiger partial charge in [0.05, 0.1) is 4.47 Å². The number of hydrogen-bond donors (Lipinski definition) is 1. The second-order valence-electron chi connectivity index (χ2n) is 5.35. The second kappa shape index (κ2) is 7.07. The second-order valence-corrected chi connectivity index (χ2v) is 7.06. The lowest BCUT2D eigenvalue weighted by Crippen LogP contribution is -2.30. The van der Waals surface area contributed by atoms with Crippen LogP contribution in [0.4, 0.5) is 0 Å². The molecule has 3 nitrogen and oxygen atoms in total. The van der Waals surface area contributed by atoms with Gasteiger partial charge in [0, 0.05) is 28.6 Å². The van der Waals surface area contributed by atoms with Crippen LogP contribution in [0, 0.1) is 0 Å². The predicted octanol–water partition coefficient (Wildman–Crippen LogP) is 4.67. The quantitative estimate of drug-likeness (QED) is 0.723. The minimum atomic E-state index is 0.655. The van der Waals surface area contributed by atoms with Gasteiger partial charge in [0.15, 0.2) is 5.75 Å². The highest BCUT2D eigenvalue weighted by atomic mass is 79.9. The number of rotatable bonds is 5. The molecule has 5 heteroatoms. The smallest absolute Gasteiger partial charge is 0.159 e. The van der Waals surface area contributed by atoms with Crippen LogP contribution in [0.2, 0.25) is 0 Å². The van der Waals surface area contributed by atoms with E-state index < -0.39 is 0 Å². The van der Waals surface area contributed by atoms with Gasteiger partial charge in [-0.1, -0.05) is 34.8 Å². The first kappa shape index (κ1) is 15.3. The Labute approximate surface area is 141 Å². The first-order chi connectivity index (χ1) is 10.3. The van der Waals surface area contributed by atoms with Gasteiger partial charge in [-0.15, -0.1) is 0 Å². The van der Waals surface area contributed by atoms with Crippen molar-refractivity contribution in [3.05, 3.63) is 33.3 Å². The Morgan fingerprint density at radius 1 is 1.24 bits per heavy atom. The minimum absolute atomic E-state index is 0.655. The van der Waals surface area contributed by atoms with Crippen LogP contribution in [0.1, 0.15) is 25.7 Å². The normalized spacial score (nSPS) is 15.7. The maximum absolute atomic E-state index is 5.97. The number of pyridine rings is 1. The van der Waals surface area contributed by atoms with Crippen LogP contribution in [0.3, 0.4) is 0 Å². The van der Waals surface area contributed by atoms with E-state index in [0.29, 0.717) is 12.6 Å². The monoisotopic (exact) mass is 412 g/mol. The topological polar surface area (TPSA) is 34.1 Å². The first-order valence-electron chi connectivity index (χ1n) is 7.34. The molecule has 1 aliphatic carbocycles. The summed E-state index contributed by atoms with van der Waals surface area (Å²) in [5.74, 6) is 0.821. The summed E-state index contributed by atoms with van der Waals surface area (Å²) in [7, 11) is 0. The average molecular weight is 414 g/mol. The molecule has 0 spiro atoms. The first-order valence-corrected chi connectivity index (χ1v) is 8.93. The highest BCUT2D eigenvalue weighted by Crippen LogP contribution is 2.37. The van der Waals surface area contributed by atoms with Crippen LogP contribution in [0.5, 0.6) is 5.75 Å². The van der Waals surface area contributed by atoms with Crippen LogP contribution in [-0.4, -0.2) is 24.2 Å². The lowest BCUT2D eigenvalue weighted by molar-refractivity contribution is 0.306. The van der Waals surface area contributed by atoms with E-state index in [4.69, 9.17) is 4.74 Å². The molecule has 0 bridgehead atoms. The van der Waals surface area contributed by atoms with Crippen molar-refractivity contribution in [3.8, 4) is 5.75 Å². The summed E-state index contributed by atoms with van der Waals surface area (Å²) in [5, 5.41) is 4.63. The fourth-order valence-corrected chi connectivity index (χ4v) is 4.22. The van der Waals surface area contributed by atoms with Crippen molar-refractivity contribution in [2.75, 3.05) is 13.2 Å². The molecule has 1 aromatic carbocycles. The zero-order chi connectivity index (χ0) is 14.7. The van der Waals surface area contributed by atoms with Gasteiger partial charge in [-0.2, -0.15) is 0 Å². The number of aromatic nitrogens is 1. The Balaban J connectivity index is 1.68. The SMILES string of the molecule is Brc1cc(Br)c2cccnc2c1OCCNC1CCCC1. The van der Waals surface area contributed by atoms with Gasteiger partial charge in [-0.05, 0) is 40.9 Å². The third-order valence-corrected chi connectivity index (χ3v) is 5.13. The molecule has 21 heavy (non-hydrogen) atoms. The molecule has 112 valence electrons. The molecule has 1 fully saturated rings. The van der Waals surface area contributed by atoms with Crippen molar-refractivity contribution in [1.82, 2.24) is 10.3 Å². The average Bonchev–Trinajstić information content (AvgIpc) is 2.99. The highest BCUT2D eigenvalue weighted by Gasteiger charge is 2.14. The molecule has 1 N–H and O–H groups in total. The Hall–Kier alpha value is -0.650. The number of nitrogens with zero attached hydrogens (tertiary/aromatic N) is 1. The van der Waals surface area contributed by atoms with Gasteiger partial charge in [-0.3, -0.25) is 4.98 Å². The summed E-state index contributed by atoms with van der Waals surface area (Å²) in [4.78, 5) is 4.45. The number of nitrogens with one attached hydrogen (secondary N) is 1. The van der Waals surface area contributed by atoms with Crippen LogP contribution >= 0.6 is 31.9 Å². The Morgan fingerprint density at radius 3 is 2.86 bits per heavy atom. The molecule has 0 amide bonds. The van der Waals surface area contributed by atoms with Gasteiger partial charge in [0.2, 0.25) is 0 Å². The fourth-order valence-electron chi connectivity index (χ4n) is 2.83. The summed E-state index contributed by atoms with van der Waals surface area (Å²) in [6.07, 6.45) is 7.10. The summed E-state index contributed by atoms with van der Waals surface area (Å²) in [6, 6.07) is 6.68. The summed E-state index contributed by atoms with van der Waals surface area (Å²) < 4.78 is 7.93. The maximum Gasteiger partial charge on any atom is 0.159 e. The van der Waals surface area contributed by atoms with Gasteiger partial charge >= 0.3 is 0 Å². The van der Waals surface area contributed by atoms with Crippen molar-refractivity contribution < 1.29 is 4.74 Å². The van der Waals surface area contributed by atoms with Crippen molar-refractivity contribution >= 4 is 42.8 Å². The van der Waals surface area contributed by atoms with Gasteiger partial charge in [-0.25, -0.2) is 0 Å².